The molecular weight excluding hydrogens is 330 g/mol. The SMILES string of the molecule is COc1ccc(C(O)Cc2cccc(F)c2F)c(Br)c1. The van der Waals surface area contributed by atoms with Gasteiger partial charge >= 0.3 is 0 Å². The van der Waals surface area contributed by atoms with Crippen molar-refractivity contribution in [2.75, 3.05) is 7.11 Å². The Balaban J connectivity index is 2.24. The molecule has 2 nitrogen and oxygen atoms in total. The second kappa shape index (κ2) is 6.33. The van der Waals surface area contributed by atoms with Gasteiger partial charge in [0.2, 0.25) is 0 Å². The summed E-state index contributed by atoms with van der Waals surface area (Å²) >= 11 is 3.33. The highest BCUT2D eigenvalue weighted by Crippen LogP contribution is 2.30. The largest absolute Gasteiger partial charge is 0.497 e. The van der Waals surface area contributed by atoms with E-state index in [1.54, 1.807) is 25.3 Å². The molecule has 2 aromatic rings. The molecule has 0 heterocycles. The first-order valence-corrected chi connectivity index (χ1v) is 6.76. The number of benzene rings is 2. The van der Waals surface area contributed by atoms with E-state index in [0.29, 0.717) is 15.8 Å². The summed E-state index contributed by atoms with van der Waals surface area (Å²) < 4.78 is 32.4. The van der Waals surface area contributed by atoms with Crippen LogP contribution < -0.4 is 4.74 Å². The number of halogens is 3. The Morgan fingerprint density at radius 3 is 2.65 bits per heavy atom. The number of hydrogen-bond acceptors (Lipinski definition) is 2. The lowest BCUT2D eigenvalue weighted by Crippen LogP contribution is -2.05. The quantitative estimate of drug-likeness (QED) is 0.909. The van der Waals surface area contributed by atoms with Crippen molar-refractivity contribution in [3.8, 4) is 5.75 Å². The van der Waals surface area contributed by atoms with E-state index in [4.69, 9.17) is 4.74 Å². The van der Waals surface area contributed by atoms with Crippen molar-refractivity contribution < 1.29 is 18.6 Å². The summed E-state index contributed by atoms with van der Waals surface area (Å²) in [6.45, 7) is 0. The maximum absolute atomic E-state index is 13.6. The predicted octanol–water partition coefficient (Wildman–Crippen LogP) is 4.01. The van der Waals surface area contributed by atoms with E-state index in [0.717, 1.165) is 6.07 Å². The van der Waals surface area contributed by atoms with Crippen LogP contribution in [0.5, 0.6) is 5.75 Å². The van der Waals surface area contributed by atoms with Crippen LogP contribution in [-0.2, 0) is 6.42 Å². The molecule has 0 radical (unpaired) electrons. The fraction of sp³-hybridized carbons (Fsp3) is 0.200. The van der Waals surface area contributed by atoms with Crippen LogP contribution in [0.1, 0.15) is 17.2 Å². The van der Waals surface area contributed by atoms with E-state index in [9.17, 15) is 13.9 Å². The van der Waals surface area contributed by atoms with Crippen molar-refractivity contribution >= 4 is 15.9 Å². The number of ether oxygens (including phenoxy) is 1. The van der Waals surface area contributed by atoms with Crippen LogP contribution in [0.3, 0.4) is 0 Å². The Morgan fingerprint density at radius 2 is 2.00 bits per heavy atom. The van der Waals surface area contributed by atoms with Gasteiger partial charge in [0.05, 0.1) is 13.2 Å². The molecule has 1 atom stereocenters. The molecule has 0 amide bonds. The zero-order valence-electron chi connectivity index (χ0n) is 10.7. The molecule has 0 spiro atoms. The number of aliphatic hydroxyl groups excluding tert-OH is 1. The second-order valence-electron chi connectivity index (χ2n) is 4.32. The Morgan fingerprint density at radius 1 is 1.25 bits per heavy atom. The molecule has 0 saturated carbocycles. The fourth-order valence-electron chi connectivity index (χ4n) is 1.93. The predicted molar refractivity (Wildman–Crippen MR) is 75.7 cm³/mol. The minimum atomic E-state index is -0.938. The Kier molecular flexibility index (Phi) is 4.73. The summed E-state index contributed by atoms with van der Waals surface area (Å²) in [5, 5.41) is 10.2. The highest BCUT2D eigenvalue weighted by Gasteiger charge is 2.16. The van der Waals surface area contributed by atoms with Gasteiger partial charge in [-0.1, -0.05) is 34.1 Å². The maximum Gasteiger partial charge on any atom is 0.162 e. The van der Waals surface area contributed by atoms with Gasteiger partial charge in [-0.25, -0.2) is 8.78 Å². The van der Waals surface area contributed by atoms with Crippen LogP contribution in [0.2, 0.25) is 0 Å². The van der Waals surface area contributed by atoms with Gasteiger partial charge < -0.3 is 9.84 Å². The van der Waals surface area contributed by atoms with Gasteiger partial charge in [0.25, 0.3) is 0 Å². The first-order valence-electron chi connectivity index (χ1n) is 5.97. The van der Waals surface area contributed by atoms with Crippen molar-refractivity contribution in [3.05, 3.63) is 63.6 Å². The molecule has 1 unspecified atom stereocenters. The smallest absolute Gasteiger partial charge is 0.162 e. The monoisotopic (exact) mass is 342 g/mol. The topological polar surface area (TPSA) is 29.5 Å². The van der Waals surface area contributed by atoms with E-state index in [1.165, 1.54) is 12.1 Å². The molecule has 0 aliphatic heterocycles. The average Bonchev–Trinajstić information content (AvgIpc) is 2.43. The fourth-order valence-corrected chi connectivity index (χ4v) is 2.55. The van der Waals surface area contributed by atoms with Crippen molar-refractivity contribution in [1.29, 1.82) is 0 Å². The molecule has 0 bridgehead atoms. The molecule has 0 aliphatic rings. The lowest BCUT2D eigenvalue weighted by molar-refractivity contribution is 0.176. The lowest BCUT2D eigenvalue weighted by atomic mass is 10.0. The molecule has 0 aliphatic carbocycles. The Labute approximate surface area is 124 Å². The second-order valence-corrected chi connectivity index (χ2v) is 5.17. The first-order chi connectivity index (χ1) is 9.52. The van der Waals surface area contributed by atoms with Crippen LogP contribution in [0, 0.1) is 11.6 Å². The van der Waals surface area contributed by atoms with Crippen LogP contribution in [0.25, 0.3) is 0 Å². The molecule has 2 rings (SSSR count). The third kappa shape index (κ3) is 3.16. The van der Waals surface area contributed by atoms with Crippen LogP contribution in [0.15, 0.2) is 40.9 Å². The standard InChI is InChI=1S/C15H13BrF2O2/c1-20-10-5-6-11(12(16)8-10)14(19)7-9-3-2-4-13(17)15(9)18/h2-6,8,14,19H,7H2,1H3. The molecule has 0 aromatic heterocycles. The summed E-state index contributed by atoms with van der Waals surface area (Å²) in [6, 6.07) is 9.02. The zero-order chi connectivity index (χ0) is 14.7. The number of aliphatic hydroxyl groups is 1. The van der Waals surface area contributed by atoms with Gasteiger partial charge in [0, 0.05) is 10.9 Å². The van der Waals surface area contributed by atoms with Gasteiger partial charge in [0.1, 0.15) is 5.75 Å². The summed E-state index contributed by atoms with van der Waals surface area (Å²) in [5.41, 5.74) is 0.731. The van der Waals surface area contributed by atoms with Crippen molar-refractivity contribution in [1.82, 2.24) is 0 Å². The first kappa shape index (κ1) is 14.9. The van der Waals surface area contributed by atoms with E-state index in [1.807, 2.05) is 0 Å². The molecule has 5 heteroatoms. The average molecular weight is 343 g/mol. The van der Waals surface area contributed by atoms with E-state index in [2.05, 4.69) is 15.9 Å². The van der Waals surface area contributed by atoms with Gasteiger partial charge in [-0.05, 0) is 29.3 Å². The van der Waals surface area contributed by atoms with Crippen LogP contribution in [-0.4, -0.2) is 12.2 Å². The zero-order valence-corrected chi connectivity index (χ0v) is 12.3. The number of rotatable bonds is 4. The molecule has 2 aromatic carbocycles. The van der Waals surface area contributed by atoms with Crippen molar-refractivity contribution in [3.63, 3.8) is 0 Å². The minimum Gasteiger partial charge on any atom is -0.497 e. The highest BCUT2D eigenvalue weighted by molar-refractivity contribution is 9.10. The summed E-state index contributed by atoms with van der Waals surface area (Å²) in [4.78, 5) is 0. The van der Waals surface area contributed by atoms with Crippen LogP contribution in [0.4, 0.5) is 8.78 Å². The summed E-state index contributed by atoms with van der Waals surface area (Å²) in [6.07, 6.45) is -0.944. The minimum absolute atomic E-state index is 0.00543. The van der Waals surface area contributed by atoms with Gasteiger partial charge in [-0.15, -0.1) is 0 Å². The van der Waals surface area contributed by atoms with Crippen molar-refractivity contribution in [2.24, 2.45) is 0 Å². The van der Waals surface area contributed by atoms with Crippen molar-refractivity contribution in [2.45, 2.75) is 12.5 Å². The number of hydrogen-bond donors (Lipinski definition) is 1. The number of methoxy groups -OCH3 is 1. The Bertz CT molecular complexity index is 617. The molecule has 0 fully saturated rings. The highest BCUT2D eigenvalue weighted by atomic mass is 79.9. The third-order valence-electron chi connectivity index (χ3n) is 3.01. The maximum atomic E-state index is 13.6. The van der Waals surface area contributed by atoms with E-state index < -0.39 is 17.7 Å². The molecule has 1 N–H and O–H groups in total. The Hall–Kier alpha value is -1.46. The van der Waals surface area contributed by atoms with E-state index >= 15 is 0 Å². The molecule has 20 heavy (non-hydrogen) atoms. The lowest BCUT2D eigenvalue weighted by Gasteiger charge is -2.14. The summed E-state index contributed by atoms with van der Waals surface area (Å²) in [7, 11) is 1.54. The third-order valence-corrected chi connectivity index (χ3v) is 3.70. The van der Waals surface area contributed by atoms with Gasteiger partial charge in [0.15, 0.2) is 11.6 Å². The molecule has 106 valence electrons. The normalized spacial score (nSPS) is 12.2. The van der Waals surface area contributed by atoms with Gasteiger partial charge in [-0.3, -0.25) is 0 Å². The molecular formula is C15H13BrF2O2. The van der Waals surface area contributed by atoms with Gasteiger partial charge in [-0.2, -0.15) is 0 Å². The van der Waals surface area contributed by atoms with E-state index in [-0.39, 0.29) is 12.0 Å². The summed E-state index contributed by atoms with van der Waals surface area (Å²) in [5.74, 6) is -1.19. The van der Waals surface area contributed by atoms with Crippen LogP contribution >= 0.6 is 15.9 Å². The molecule has 0 saturated heterocycles.